The van der Waals surface area contributed by atoms with E-state index in [1.165, 1.54) is 0 Å². The van der Waals surface area contributed by atoms with E-state index in [4.69, 9.17) is 5.73 Å². The summed E-state index contributed by atoms with van der Waals surface area (Å²) in [7, 11) is 0. The van der Waals surface area contributed by atoms with E-state index in [1.54, 1.807) is 0 Å². The lowest BCUT2D eigenvalue weighted by atomic mass is 9.92. The van der Waals surface area contributed by atoms with Gasteiger partial charge in [-0.15, -0.1) is 0 Å². The highest BCUT2D eigenvalue weighted by atomic mass is 15.0. The first-order chi connectivity index (χ1) is 7.20. The molecule has 1 rings (SSSR count). The summed E-state index contributed by atoms with van der Waals surface area (Å²) in [6.07, 6.45) is 3.86. The lowest BCUT2D eigenvalue weighted by Crippen LogP contribution is -2.46. The van der Waals surface area contributed by atoms with Crippen molar-refractivity contribution in [3.8, 4) is 0 Å². The zero-order valence-corrected chi connectivity index (χ0v) is 9.66. The fourth-order valence-electron chi connectivity index (χ4n) is 1.59. The van der Waals surface area contributed by atoms with E-state index >= 15 is 0 Å². The molecule has 15 heavy (non-hydrogen) atoms. The highest BCUT2D eigenvalue weighted by Gasteiger charge is 2.21. The van der Waals surface area contributed by atoms with Crippen LogP contribution in [0.3, 0.4) is 0 Å². The van der Waals surface area contributed by atoms with E-state index in [2.05, 4.69) is 30.2 Å². The molecular weight excluding hydrogens is 186 g/mol. The van der Waals surface area contributed by atoms with Crippen molar-refractivity contribution in [3.05, 3.63) is 30.1 Å². The van der Waals surface area contributed by atoms with Crippen LogP contribution < -0.4 is 11.1 Å². The van der Waals surface area contributed by atoms with Crippen LogP contribution >= 0.6 is 0 Å². The molecule has 84 valence electrons. The molecule has 0 amide bonds. The number of nitrogens with zero attached hydrogens (tertiary/aromatic N) is 1. The van der Waals surface area contributed by atoms with Crippen LogP contribution in [0, 0.1) is 0 Å². The van der Waals surface area contributed by atoms with Gasteiger partial charge >= 0.3 is 0 Å². The first-order valence-electron chi connectivity index (χ1n) is 5.55. The summed E-state index contributed by atoms with van der Waals surface area (Å²) >= 11 is 0. The molecule has 1 atom stereocenters. The summed E-state index contributed by atoms with van der Waals surface area (Å²) in [5.74, 6) is 0. The highest BCUT2D eigenvalue weighted by molar-refractivity contribution is 5.07. The molecule has 0 bridgehead atoms. The molecule has 0 aliphatic heterocycles. The van der Waals surface area contributed by atoms with Crippen LogP contribution in [0.5, 0.6) is 0 Å². The molecule has 0 aliphatic rings. The molecule has 3 N–H and O–H groups in total. The SMILES string of the molecule is CCC(C)(Cc1ccccn1)NCCN. The quantitative estimate of drug-likeness (QED) is 0.740. The second-order valence-corrected chi connectivity index (χ2v) is 4.13. The number of rotatable bonds is 6. The molecule has 0 radical (unpaired) electrons. The predicted octanol–water partition coefficient (Wildman–Crippen LogP) is 1.34. The average Bonchev–Trinajstić information content (AvgIpc) is 2.28. The summed E-state index contributed by atoms with van der Waals surface area (Å²) < 4.78 is 0. The molecule has 0 aromatic carbocycles. The standard InChI is InChI=1S/C12H21N3/c1-3-12(2,15-9-7-13)10-11-6-4-5-8-14-11/h4-6,8,15H,3,7,9-10,13H2,1-2H3. The fraction of sp³-hybridized carbons (Fsp3) is 0.583. The van der Waals surface area contributed by atoms with Crippen LogP contribution in [0.1, 0.15) is 26.0 Å². The van der Waals surface area contributed by atoms with Crippen LogP contribution in [0.2, 0.25) is 0 Å². The van der Waals surface area contributed by atoms with E-state index in [1.807, 2.05) is 18.3 Å². The van der Waals surface area contributed by atoms with Gasteiger partial charge in [-0.05, 0) is 25.5 Å². The van der Waals surface area contributed by atoms with Gasteiger partial charge in [-0.3, -0.25) is 4.98 Å². The Hall–Kier alpha value is -0.930. The fourth-order valence-corrected chi connectivity index (χ4v) is 1.59. The van der Waals surface area contributed by atoms with Gasteiger partial charge in [-0.1, -0.05) is 13.0 Å². The van der Waals surface area contributed by atoms with Gasteiger partial charge in [0.2, 0.25) is 0 Å². The number of hydrogen-bond acceptors (Lipinski definition) is 3. The van der Waals surface area contributed by atoms with E-state index < -0.39 is 0 Å². The Bertz CT molecular complexity index is 273. The minimum atomic E-state index is 0.105. The number of hydrogen-bond donors (Lipinski definition) is 2. The van der Waals surface area contributed by atoms with E-state index in [9.17, 15) is 0 Å². The first kappa shape index (κ1) is 12.1. The van der Waals surface area contributed by atoms with Crippen molar-refractivity contribution in [2.75, 3.05) is 13.1 Å². The van der Waals surface area contributed by atoms with E-state index in [0.29, 0.717) is 6.54 Å². The lowest BCUT2D eigenvalue weighted by molar-refractivity contribution is 0.342. The molecule has 0 saturated heterocycles. The molecule has 1 aromatic rings. The molecule has 3 heteroatoms. The molecule has 0 aliphatic carbocycles. The van der Waals surface area contributed by atoms with Crippen molar-refractivity contribution in [1.29, 1.82) is 0 Å². The zero-order valence-electron chi connectivity index (χ0n) is 9.66. The normalized spacial score (nSPS) is 14.9. The van der Waals surface area contributed by atoms with Gasteiger partial charge in [-0.2, -0.15) is 0 Å². The van der Waals surface area contributed by atoms with Crippen molar-refractivity contribution in [1.82, 2.24) is 10.3 Å². The van der Waals surface area contributed by atoms with Gasteiger partial charge < -0.3 is 11.1 Å². The van der Waals surface area contributed by atoms with E-state index in [-0.39, 0.29) is 5.54 Å². The average molecular weight is 207 g/mol. The van der Waals surface area contributed by atoms with Crippen LogP contribution in [-0.4, -0.2) is 23.6 Å². The second-order valence-electron chi connectivity index (χ2n) is 4.13. The van der Waals surface area contributed by atoms with Gasteiger partial charge in [-0.25, -0.2) is 0 Å². The molecule has 0 saturated carbocycles. The van der Waals surface area contributed by atoms with Gasteiger partial charge in [0.1, 0.15) is 0 Å². The van der Waals surface area contributed by atoms with Gasteiger partial charge in [0.05, 0.1) is 0 Å². The predicted molar refractivity (Wildman–Crippen MR) is 63.7 cm³/mol. The van der Waals surface area contributed by atoms with Crippen LogP contribution in [0.25, 0.3) is 0 Å². The van der Waals surface area contributed by atoms with Crippen molar-refractivity contribution in [2.45, 2.75) is 32.2 Å². The lowest BCUT2D eigenvalue weighted by Gasteiger charge is -2.29. The maximum atomic E-state index is 5.51. The zero-order chi connectivity index (χ0) is 11.1. The summed E-state index contributed by atoms with van der Waals surface area (Å²) in [4.78, 5) is 4.35. The maximum Gasteiger partial charge on any atom is 0.0421 e. The molecule has 1 aromatic heterocycles. The molecule has 1 heterocycles. The van der Waals surface area contributed by atoms with Crippen molar-refractivity contribution >= 4 is 0 Å². The molecule has 0 fully saturated rings. The Labute approximate surface area is 92.1 Å². The Morgan fingerprint density at radius 1 is 1.47 bits per heavy atom. The van der Waals surface area contributed by atoms with Gasteiger partial charge in [0.15, 0.2) is 0 Å². The minimum Gasteiger partial charge on any atom is -0.329 e. The third-order valence-electron chi connectivity index (χ3n) is 2.77. The van der Waals surface area contributed by atoms with Crippen molar-refractivity contribution in [2.24, 2.45) is 5.73 Å². The van der Waals surface area contributed by atoms with Crippen LogP contribution in [0.15, 0.2) is 24.4 Å². The number of nitrogens with two attached hydrogens (primary N) is 1. The van der Waals surface area contributed by atoms with Crippen LogP contribution in [0.4, 0.5) is 0 Å². The minimum absolute atomic E-state index is 0.105. The molecule has 1 unspecified atom stereocenters. The summed E-state index contributed by atoms with van der Waals surface area (Å²) in [5.41, 5.74) is 6.74. The highest BCUT2D eigenvalue weighted by Crippen LogP contribution is 2.14. The Morgan fingerprint density at radius 3 is 2.80 bits per heavy atom. The van der Waals surface area contributed by atoms with Gasteiger partial charge in [0, 0.05) is 36.9 Å². The summed E-state index contributed by atoms with van der Waals surface area (Å²) in [5, 5.41) is 3.48. The molecule has 0 spiro atoms. The third-order valence-corrected chi connectivity index (χ3v) is 2.77. The second kappa shape index (κ2) is 5.83. The summed E-state index contributed by atoms with van der Waals surface area (Å²) in [6.45, 7) is 5.94. The smallest absolute Gasteiger partial charge is 0.0421 e. The molecular formula is C12H21N3. The topological polar surface area (TPSA) is 50.9 Å². The first-order valence-corrected chi connectivity index (χ1v) is 5.55. The molecule has 3 nitrogen and oxygen atoms in total. The Morgan fingerprint density at radius 2 is 2.27 bits per heavy atom. The Kier molecular flexibility index (Phi) is 4.72. The number of nitrogens with one attached hydrogen (secondary N) is 1. The van der Waals surface area contributed by atoms with Crippen molar-refractivity contribution in [3.63, 3.8) is 0 Å². The largest absolute Gasteiger partial charge is 0.329 e. The van der Waals surface area contributed by atoms with Crippen LogP contribution in [-0.2, 0) is 6.42 Å². The van der Waals surface area contributed by atoms with E-state index in [0.717, 1.165) is 25.1 Å². The van der Waals surface area contributed by atoms with Gasteiger partial charge in [0.25, 0.3) is 0 Å². The number of aromatic nitrogens is 1. The third kappa shape index (κ3) is 3.98. The Balaban J connectivity index is 2.59. The summed E-state index contributed by atoms with van der Waals surface area (Å²) in [6, 6.07) is 6.04. The number of pyridine rings is 1. The monoisotopic (exact) mass is 207 g/mol. The maximum absolute atomic E-state index is 5.51. The van der Waals surface area contributed by atoms with Crippen molar-refractivity contribution < 1.29 is 0 Å².